The molecule has 0 bridgehead atoms. The first-order valence-corrected chi connectivity index (χ1v) is 7.20. The molecular weight excluding hydrogens is 300 g/mol. The standard InChI is InChI=1S/C16H19BrN2/c1-10-6-11(2)16(12(3)7-10)15(18)8-14-5-4-13(17)9-19-14/h4-7,9,15H,8,18H2,1-3H3. The van der Waals surface area contributed by atoms with Crippen LogP contribution in [0, 0.1) is 20.8 Å². The van der Waals surface area contributed by atoms with Crippen molar-refractivity contribution in [1.29, 1.82) is 0 Å². The average Bonchev–Trinajstić information content (AvgIpc) is 2.30. The normalized spacial score (nSPS) is 12.5. The van der Waals surface area contributed by atoms with Crippen LogP contribution in [-0.2, 0) is 6.42 Å². The van der Waals surface area contributed by atoms with Gasteiger partial charge in [0.2, 0.25) is 0 Å². The maximum absolute atomic E-state index is 6.37. The Morgan fingerprint density at radius 1 is 1.16 bits per heavy atom. The molecule has 1 aromatic carbocycles. The van der Waals surface area contributed by atoms with E-state index in [4.69, 9.17) is 5.73 Å². The van der Waals surface area contributed by atoms with Crippen molar-refractivity contribution in [1.82, 2.24) is 4.98 Å². The summed E-state index contributed by atoms with van der Waals surface area (Å²) in [7, 11) is 0. The average molecular weight is 319 g/mol. The summed E-state index contributed by atoms with van der Waals surface area (Å²) in [5.74, 6) is 0. The molecule has 19 heavy (non-hydrogen) atoms. The van der Waals surface area contributed by atoms with Crippen LogP contribution in [0.5, 0.6) is 0 Å². The Bertz CT molecular complexity index is 553. The summed E-state index contributed by atoms with van der Waals surface area (Å²) in [6.45, 7) is 6.37. The number of nitrogens with zero attached hydrogens (tertiary/aromatic N) is 1. The third-order valence-corrected chi connectivity index (χ3v) is 3.80. The van der Waals surface area contributed by atoms with Gasteiger partial charge >= 0.3 is 0 Å². The maximum Gasteiger partial charge on any atom is 0.0423 e. The Kier molecular flexibility index (Phi) is 4.38. The van der Waals surface area contributed by atoms with E-state index in [-0.39, 0.29) is 6.04 Å². The number of pyridine rings is 1. The lowest BCUT2D eigenvalue weighted by atomic mass is 9.92. The Hall–Kier alpha value is -1.19. The first-order chi connectivity index (χ1) is 8.97. The van der Waals surface area contributed by atoms with Crippen molar-refractivity contribution in [2.75, 3.05) is 0 Å². The number of rotatable bonds is 3. The number of halogens is 1. The second-order valence-corrected chi connectivity index (χ2v) is 6.01. The topological polar surface area (TPSA) is 38.9 Å². The number of aryl methyl sites for hydroxylation is 3. The quantitative estimate of drug-likeness (QED) is 0.928. The van der Waals surface area contributed by atoms with Gasteiger partial charge < -0.3 is 5.73 Å². The van der Waals surface area contributed by atoms with E-state index in [0.29, 0.717) is 0 Å². The van der Waals surface area contributed by atoms with Gasteiger partial charge in [0.1, 0.15) is 0 Å². The first-order valence-electron chi connectivity index (χ1n) is 6.41. The van der Waals surface area contributed by atoms with Gasteiger partial charge in [0, 0.05) is 28.8 Å². The lowest BCUT2D eigenvalue weighted by Crippen LogP contribution is -2.17. The SMILES string of the molecule is Cc1cc(C)c(C(N)Cc2ccc(Br)cn2)c(C)c1. The molecule has 3 heteroatoms. The molecule has 0 radical (unpaired) electrons. The second-order valence-electron chi connectivity index (χ2n) is 5.09. The minimum absolute atomic E-state index is 0.00530. The van der Waals surface area contributed by atoms with Crippen LogP contribution in [0.2, 0.25) is 0 Å². The number of nitrogens with two attached hydrogens (primary N) is 1. The third-order valence-electron chi connectivity index (χ3n) is 3.33. The van der Waals surface area contributed by atoms with Crippen LogP contribution in [0.1, 0.15) is 34.0 Å². The Labute approximate surface area is 123 Å². The van der Waals surface area contributed by atoms with Gasteiger partial charge in [-0.1, -0.05) is 17.7 Å². The Balaban J connectivity index is 2.25. The molecule has 0 aliphatic heterocycles. The van der Waals surface area contributed by atoms with Gasteiger partial charge in [-0.15, -0.1) is 0 Å². The van der Waals surface area contributed by atoms with Gasteiger partial charge in [-0.05, 0) is 65.5 Å². The molecule has 2 nitrogen and oxygen atoms in total. The van der Waals surface area contributed by atoms with E-state index in [0.717, 1.165) is 16.6 Å². The summed E-state index contributed by atoms with van der Waals surface area (Å²) in [6, 6.07) is 8.40. The van der Waals surface area contributed by atoms with Gasteiger partial charge in [0.15, 0.2) is 0 Å². The molecule has 1 atom stereocenters. The number of hydrogen-bond donors (Lipinski definition) is 1. The predicted octanol–water partition coefficient (Wildman–Crippen LogP) is 4.01. The highest BCUT2D eigenvalue weighted by atomic mass is 79.9. The van der Waals surface area contributed by atoms with E-state index in [1.807, 2.05) is 18.3 Å². The molecule has 0 aliphatic rings. The van der Waals surface area contributed by atoms with Gasteiger partial charge in [0.25, 0.3) is 0 Å². The molecule has 0 fully saturated rings. The molecule has 0 saturated carbocycles. The summed E-state index contributed by atoms with van der Waals surface area (Å²) < 4.78 is 0.993. The van der Waals surface area contributed by atoms with E-state index in [9.17, 15) is 0 Å². The zero-order chi connectivity index (χ0) is 14.0. The fraction of sp³-hybridized carbons (Fsp3) is 0.312. The van der Waals surface area contributed by atoms with Crippen LogP contribution in [0.3, 0.4) is 0 Å². The van der Waals surface area contributed by atoms with E-state index < -0.39 is 0 Å². The summed E-state index contributed by atoms with van der Waals surface area (Å²) >= 11 is 3.39. The molecule has 0 saturated heterocycles. The van der Waals surface area contributed by atoms with Crippen LogP contribution in [0.15, 0.2) is 34.9 Å². The van der Waals surface area contributed by atoms with E-state index >= 15 is 0 Å². The minimum atomic E-state index is -0.00530. The highest BCUT2D eigenvalue weighted by molar-refractivity contribution is 9.10. The monoisotopic (exact) mass is 318 g/mol. The van der Waals surface area contributed by atoms with E-state index in [2.05, 4.69) is 53.8 Å². The molecular formula is C16H19BrN2. The fourth-order valence-corrected chi connectivity index (χ4v) is 2.87. The largest absolute Gasteiger partial charge is 0.324 e. The van der Waals surface area contributed by atoms with Gasteiger partial charge in [-0.2, -0.15) is 0 Å². The lowest BCUT2D eigenvalue weighted by molar-refractivity contribution is 0.696. The zero-order valence-corrected chi connectivity index (χ0v) is 13.2. The molecule has 2 rings (SSSR count). The minimum Gasteiger partial charge on any atom is -0.324 e. The summed E-state index contributed by atoms with van der Waals surface area (Å²) in [6.07, 6.45) is 2.58. The summed E-state index contributed by atoms with van der Waals surface area (Å²) in [5.41, 5.74) is 12.5. The van der Waals surface area contributed by atoms with Crippen molar-refractivity contribution >= 4 is 15.9 Å². The van der Waals surface area contributed by atoms with Crippen LogP contribution < -0.4 is 5.73 Å². The molecule has 1 heterocycles. The Morgan fingerprint density at radius 2 is 1.79 bits per heavy atom. The summed E-state index contributed by atoms with van der Waals surface area (Å²) in [4.78, 5) is 4.39. The van der Waals surface area contributed by atoms with Crippen molar-refractivity contribution in [3.8, 4) is 0 Å². The fourth-order valence-electron chi connectivity index (χ4n) is 2.63. The number of aromatic nitrogens is 1. The van der Waals surface area contributed by atoms with Crippen LogP contribution in [0.25, 0.3) is 0 Å². The van der Waals surface area contributed by atoms with Gasteiger partial charge in [-0.25, -0.2) is 0 Å². The molecule has 2 N–H and O–H groups in total. The highest BCUT2D eigenvalue weighted by Gasteiger charge is 2.13. The summed E-state index contributed by atoms with van der Waals surface area (Å²) in [5, 5.41) is 0. The third kappa shape index (κ3) is 3.43. The Morgan fingerprint density at radius 3 is 2.32 bits per heavy atom. The van der Waals surface area contributed by atoms with Crippen molar-refractivity contribution in [2.45, 2.75) is 33.2 Å². The molecule has 1 unspecified atom stereocenters. The van der Waals surface area contributed by atoms with Crippen LogP contribution >= 0.6 is 15.9 Å². The molecule has 1 aromatic heterocycles. The van der Waals surface area contributed by atoms with Crippen molar-refractivity contribution in [2.24, 2.45) is 5.73 Å². The smallest absolute Gasteiger partial charge is 0.0423 e. The molecule has 0 spiro atoms. The first kappa shape index (κ1) is 14.2. The molecule has 0 amide bonds. The van der Waals surface area contributed by atoms with E-state index in [1.54, 1.807) is 0 Å². The predicted molar refractivity (Wildman–Crippen MR) is 83.2 cm³/mol. The maximum atomic E-state index is 6.37. The number of benzene rings is 1. The zero-order valence-electron chi connectivity index (χ0n) is 11.6. The molecule has 0 aliphatic carbocycles. The van der Waals surface area contributed by atoms with Crippen molar-refractivity contribution in [3.05, 3.63) is 62.9 Å². The van der Waals surface area contributed by atoms with Crippen molar-refractivity contribution < 1.29 is 0 Å². The van der Waals surface area contributed by atoms with Crippen LogP contribution in [-0.4, -0.2) is 4.98 Å². The highest BCUT2D eigenvalue weighted by Crippen LogP contribution is 2.24. The molecule has 2 aromatic rings. The van der Waals surface area contributed by atoms with Crippen molar-refractivity contribution in [3.63, 3.8) is 0 Å². The van der Waals surface area contributed by atoms with Gasteiger partial charge in [0.05, 0.1) is 0 Å². The number of hydrogen-bond acceptors (Lipinski definition) is 2. The lowest BCUT2D eigenvalue weighted by Gasteiger charge is -2.18. The van der Waals surface area contributed by atoms with Gasteiger partial charge in [-0.3, -0.25) is 4.98 Å². The molecule has 100 valence electrons. The van der Waals surface area contributed by atoms with E-state index in [1.165, 1.54) is 22.3 Å². The van der Waals surface area contributed by atoms with Crippen LogP contribution in [0.4, 0.5) is 0 Å². The second kappa shape index (κ2) is 5.85.